The topological polar surface area (TPSA) is 40.9 Å². The van der Waals surface area contributed by atoms with E-state index in [1.165, 1.54) is 38.5 Å². The van der Waals surface area contributed by atoms with E-state index in [9.17, 15) is 4.21 Å². The first-order valence-corrected chi connectivity index (χ1v) is 8.16. The van der Waals surface area contributed by atoms with Crippen molar-refractivity contribution in [3.05, 3.63) is 0 Å². The van der Waals surface area contributed by atoms with E-state index >= 15 is 0 Å². The average Bonchev–Trinajstić information content (AvgIpc) is 2.31. The maximum absolute atomic E-state index is 12.6. The second kappa shape index (κ2) is 4.86. The summed E-state index contributed by atoms with van der Waals surface area (Å²) >= 11 is 0. The van der Waals surface area contributed by atoms with Gasteiger partial charge in [-0.25, -0.2) is 4.21 Å². The van der Waals surface area contributed by atoms with E-state index in [4.69, 9.17) is 4.78 Å². The summed E-state index contributed by atoms with van der Waals surface area (Å²) in [6.07, 6.45) is 11.6. The largest absolute Gasteiger partial charge is 0.252 e. The molecule has 15 heavy (non-hydrogen) atoms. The Morgan fingerprint density at radius 1 is 0.733 bits per heavy atom. The van der Waals surface area contributed by atoms with Gasteiger partial charge in [-0.2, -0.15) is 0 Å². The van der Waals surface area contributed by atoms with Gasteiger partial charge in [-0.05, 0) is 25.7 Å². The molecule has 3 heteroatoms. The third-order valence-electron chi connectivity index (χ3n) is 4.09. The summed E-state index contributed by atoms with van der Waals surface area (Å²) in [5.74, 6) is 0. The monoisotopic (exact) mass is 229 g/mol. The van der Waals surface area contributed by atoms with Gasteiger partial charge in [0.2, 0.25) is 0 Å². The third-order valence-corrected chi connectivity index (χ3v) is 7.02. The maximum atomic E-state index is 12.6. The quantitative estimate of drug-likeness (QED) is 0.770. The lowest BCUT2D eigenvalue weighted by Crippen LogP contribution is -2.33. The van der Waals surface area contributed by atoms with Gasteiger partial charge in [0.1, 0.15) is 0 Å². The van der Waals surface area contributed by atoms with Crippen LogP contribution in [-0.4, -0.2) is 14.7 Å². The molecular weight excluding hydrogens is 206 g/mol. The fraction of sp³-hybridized carbons (Fsp3) is 1.00. The van der Waals surface area contributed by atoms with E-state index in [1.807, 2.05) is 0 Å². The molecule has 0 saturated heterocycles. The lowest BCUT2D eigenvalue weighted by molar-refractivity contribution is 0.471. The van der Waals surface area contributed by atoms with Crippen molar-refractivity contribution in [2.45, 2.75) is 74.7 Å². The van der Waals surface area contributed by atoms with Crippen molar-refractivity contribution in [3.8, 4) is 0 Å². The molecule has 0 heterocycles. The van der Waals surface area contributed by atoms with Gasteiger partial charge in [0, 0.05) is 20.2 Å². The number of nitrogens with one attached hydrogen (secondary N) is 1. The summed E-state index contributed by atoms with van der Waals surface area (Å²) in [6, 6.07) is 0. The molecule has 0 amide bonds. The molecule has 2 aliphatic rings. The van der Waals surface area contributed by atoms with Crippen LogP contribution in [0.2, 0.25) is 0 Å². The van der Waals surface area contributed by atoms with E-state index in [2.05, 4.69) is 0 Å². The van der Waals surface area contributed by atoms with E-state index in [1.54, 1.807) is 0 Å². The first-order valence-electron chi connectivity index (χ1n) is 6.48. The minimum absolute atomic E-state index is 0.231. The smallest absolute Gasteiger partial charge is 0.0499 e. The standard InChI is InChI=1S/C12H23NOS/c13-15(14,11-7-3-1-4-8-11)12-9-5-2-6-10-12/h11-13H,1-10H2. The first-order chi connectivity index (χ1) is 7.21. The molecule has 0 aromatic rings. The van der Waals surface area contributed by atoms with Crippen molar-refractivity contribution < 1.29 is 4.21 Å². The Morgan fingerprint density at radius 3 is 1.40 bits per heavy atom. The minimum atomic E-state index is -2.29. The zero-order chi connectivity index (χ0) is 10.7. The van der Waals surface area contributed by atoms with Gasteiger partial charge in [0.15, 0.2) is 0 Å². The molecule has 2 nitrogen and oxygen atoms in total. The van der Waals surface area contributed by atoms with Crippen molar-refractivity contribution in [2.75, 3.05) is 0 Å². The van der Waals surface area contributed by atoms with Gasteiger partial charge in [-0.1, -0.05) is 38.5 Å². The van der Waals surface area contributed by atoms with E-state index < -0.39 is 9.73 Å². The molecule has 0 aromatic heterocycles. The summed E-state index contributed by atoms with van der Waals surface area (Å²) in [5, 5.41) is 0.462. The van der Waals surface area contributed by atoms with Crippen molar-refractivity contribution in [2.24, 2.45) is 0 Å². The van der Waals surface area contributed by atoms with Crippen LogP contribution >= 0.6 is 0 Å². The molecule has 2 aliphatic carbocycles. The molecule has 0 unspecified atom stereocenters. The van der Waals surface area contributed by atoms with Crippen LogP contribution in [0.15, 0.2) is 0 Å². The molecule has 0 aliphatic heterocycles. The summed E-state index contributed by atoms with van der Waals surface area (Å²) in [5.41, 5.74) is 0. The average molecular weight is 229 g/mol. The number of hydrogen-bond donors (Lipinski definition) is 1. The summed E-state index contributed by atoms with van der Waals surface area (Å²) in [4.78, 5) is 0. The molecule has 2 rings (SSSR count). The minimum Gasteiger partial charge on any atom is -0.252 e. The van der Waals surface area contributed by atoms with Crippen LogP contribution in [0.3, 0.4) is 0 Å². The van der Waals surface area contributed by atoms with Crippen LogP contribution < -0.4 is 0 Å². The Balaban J connectivity index is 2.03. The van der Waals surface area contributed by atoms with Crippen LogP contribution in [0.1, 0.15) is 64.2 Å². The van der Waals surface area contributed by atoms with Crippen LogP contribution in [-0.2, 0) is 9.73 Å². The molecule has 0 spiro atoms. The highest BCUT2D eigenvalue weighted by atomic mass is 32.2. The normalized spacial score (nSPS) is 26.7. The van der Waals surface area contributed by atoms with Crippen LogP contribution in [0.5, 0.6) is 0 Å². The van der Waals surface area contributed by atoms with Crippen molar-refractivity contribution >= 4 is 9.73 Å². The Labute approximate surface area is 93.8 Å². The molecule has 88 valence electrons. The Hall–Kier alpha value is -0.0500. The molecule has 0 radical (unpaired) electrons. The molecule has 0 aromatic carbocycles. The summed E-state index contributed by atoms with van der Waals surface area (Å²) in [7, 11) is -2.29. The highest BCUT2D eigenvalue weighted by Gasteiger charge is 2.31. The van der Waals surface area contributed by atoms with Gasteiger partial charge in [-0.3, -0.25) is 4.78 Å². The molecule has 0 bridgehead atoms. The Bertz CT molecular complexity index is 261. The number of hydrogen-bond acceptors (Lipinski definition) is 2. The molecule has 2 saturated carbocycles. The second-order valence-electron chi connectivity index (χ2n) is 5.17. The lowest BCUT2D eigenvalue weighted by atomic mass is 10.00. The fourth-order valence-electron chi connectivity index (χ4n) is 3.10. The Kier molecular flexibility index (Phi) is 3.70. The summed E-state index contributed by atoms with van der Waals surface area (Å²) in [6.45, 7) is 0. The molecule has 0 atom stereocenters. The van der Waals surface area contributed by atoms with Gasteiger partial charge in [-0.15, -0.1) is 0 Å². The van der Waals surface area contributed by atoms with Crippen LogP contribution in [0.25, 0.3) is 0 Å². The maximum Gasteiger partial charge on any atom is 0.0499 e. The third kappa shape index (κ3) is 2.55. The van der Waals surface area contributed by atoms with Gasteiger partial charge in [0.05, 0.1) is 0 Å². The molecule has 1 N–H and O–H groups in total. The first kappa shape index (κ1) is 11.4. The van der Waals surface area contributed by atoms with Crippen molar-refractivity contribution in [3.63, 3.8) is 0 Å². The van der Waals surface area contributed by atoms with Crippen molar-refractivity contribution in [1.82, 2.24) is 0 Å². The highest BCUT2D eigenvalue weighted by Crippen LogP contribution is 2.32. The molecule has 2 fully saturated rings. The summed E-state index contributed by atoms with van der Waals surface area (Å²) < 4.78 is 20.8. The second-order valence-corrected chi connectivity index (χ2v) is 7.80. The lowest BCUT2D eigenvalue weighted by Gasteiger charge is -2.31. The van der Waals surface area contributed by atoms with E-state index in [0.717, 1.165) is 25.7 Å². The number of rotatable bonds is 2. The van der Waals surface area contributed by atoms with Crippen molar-refractivity contribution in [1.29, 1.82) is 4.78 Å². The highest BCUT2D eigenvalue weighted by molar-refractivity contribution is 7.93. The van der Waals surface area contributed by atoms with Crippen LogP contribution in [0, 0.1) is 4.78 Å². The van der Waals surface area contributed by atoms with Crippen LogP contribution in [0.4, 0.5) is 0 Å². The Morgan fingerprint density at radius 2 is 1.07 bits per heavy atom. The van der Waals surface area contributed by atoms with Gasteiger partial charge in [0.25, 0.3) is 0 Å². The zero-order valence-corrected chi connectivity index (χ0v) is 10.4. The van der Waals surface area contributed by atoms with E-state index in [0.29, 0.717) is 0 Å². The molecular formula is C12H23NOS. The van der Waals surface area contributed by atoms with Gasteiger partial charge < -0.3 is 0 Å². The fourth-order valence-corrected chi connectivity index (χ4v) is 5.71. The predicted molar refractivity (Wildman–Crippen MR) is 64.6 cm³/mol. The van der Waals surface area contributed by atoms with E-state index in [-0.39, 0.29) is 10.5 Å². The SMILES string of the molecule is N=S(=O)(C1CCCCC1)C1CCCCC1. The van der Waals surface area contributed by atoms with Gasteiger partial charge >= 0.3 is 0 Å². The predicted octanol–water partition coefficient (Wildman–Crippen LogP) is 3.70. The zero-order valence-electron chi connectivity index (χ0n) is 9.54.